The highest BCUT2D eigenvalue weighted by Crippen LogP contribution is 2.36. The topological polar surface area (TPSA) is 61.7 Å². The van der Waals surface area contributed by atoms with E-state index in [-0.39, 0.29) is 12.0 Å². The smallest absolute Gasteiger partial charge is 0.0897 e. The van der Waals surface area contributed by atoms with Gasteiger partial charge in [0.2, 0.25) is 0 Å². The van der Waals surface area contributed by atoms with Gasteiger partial charge in [0.15, 0.2) is 0 Å². The third-order valence-corrected chi connectivity index (χ3v) is 5.42. The average Bonchev–Trinajstić information content (AvgIpc) is 2.96. The first kappa shape index (κ1) is 17.2. The van der Waals surface area contributed by atoms with Gasteiger partial charge in [-0.05, 0) is 31.6 Å². The van der Waals surface area contributed by atoms with Gasteiger partial charge in [-0.25, -0.2) is 0 Å². The van der Waals surface area contributed by atoms with Crippen molar-refractivity contribution in [1.82, 2.24) is 5.32 Å². The van der Waals surface area contributed by atoms with Crippen molar-refractivity contribution in [3.05, 3.63) is 0 Å². The molecular weight excluding hydrogens is 266 g/mol. The standard InChI is InChI=1S/C17H33NO3/c1-14-6-2-3-7-16(14)21-11-15(20)10-18-12-17(13-19)8-4-5-9-17/h14-16,18-20H,2-13H2,1H3. The summed E-state index contributed by atoms with van der Waals surface area (Å²) in [6.45, 7) is 4.29. The minimum Gasteiger partial charge on any atom is -0.396 e. The Labute approximate surface area is 129 Å². The first-order valence-electron chi connectivity index (χ1n) is 8.76. The lowest BCUT2D eigenvalue weighted by atomic mass is 9.87. The molecule has 2 rings (SSSR count). The summed E-state index contributed by atoms with van der Waals surface area (Å²) in [5.74, 6) is 0.620. The van der Waals surface area contributed by atoms with Crippen LogP contribution in [0.1, 0.15) is 58.3 Å². The van der Waals surface area contributed by atoms with Crippen LogP contribution < -0.4 is 5.32 Å². The van der Waals surface area contributed by atoms with Crippen LogP contribution in [0.25, 0.3) is 0 Å². The van der Waals surface area contributed by atoms with Crippen LogP contribution in [0.5, 0.6) is 0 Å². The lowest BCUT2D eigenvalue weighted by Crippen LogP contribution is -2.40. The van der Waals surface area contributed by atoms with Gasteiger partial charge in [0.05, 0.1) is 18.8 Å². The molecule has 0 spiro atoms. The zero-order valence-electron chi connectivity index (χ0n) is 13.5. The fourth-order valence-electron chi connectivity index (χ4n) is 3.84. The van der Waals surface area contributed by atoms with Crippen molar-refractivity contribution in [1.29, 1.82) is 0 Å². The molecule has 21 heavy (non-hydrogen) atoms. The normalized spacial score (nSPS) is 30.4. The van der Waals surface area contributed by atoms with Crippen molar-refractivity contribution in [2.24, 2.45) is 11.3 Å². The van der Waals surface area contributed by atoms with E-state index in [1.165, 1.54) is 32.1 Å². The summed E-state index contributed by atoms with van der Waals surface area (Å²) in [4.78, 5) is 0. The van der Waals surface area contributed by atoms with E-state index < -0.39 is 6.10 Å². The van der Waals surface area contributed by atoms with E-state index in [4.69, 9.17) is 4.74 Å². The quantitative estimate of drug-likeness (QED) is 0.642. The van der Waals surface area contributed by atoms with Gasteiger partial charge in [-0.3, -0.25) is 0 Å². The fourth-order valence-corrected chi connectivity index (χ4v) is 3.84. The van der Waals surface area contributed by atoms with Crippen molar-refractivity contribution in [2.75, 3.05) is 26.3 Å². The van der Waals surface area contributed by atoms with E-state index in [1.54, 1.807) is 0 Å². The van der Waals surface area contributed by atoms with Gasteiger partial charge in [-0.2, -0.15) is 0 Å². The Kier molecular flexibility index (Phi) is 6.93. The number of aliphatic hydroxyl groups is 2. The van der Waals surface area contributed by atoms with Gasteiger partial charge in [0, 0.05) is 25.1 Å². The summed E-state index contributed by atoms with van der Waals surface area (Å²) in [6.07, 6.45) is 9.46. The summed E-state index contributed by atoms with van der Waals surface area (Å²) in [6, 6.07) is 0. The van der Waals surface area contributed by atoms with Crippen LogP contribution in [0.15, 0.2) is 0 Å². The molecule has 0 aromatic rings. The maximum Gasteiger partial charge on any atom is 0.0897 e. The Balaban J connectivity index is 1.60. The highest BCUT2D eigenvalue weighted by atomic mass is 16.5. The first-order chi connectivity index (χ1) is 10.2. The summed E-state index contributed by atoms with van der Waals surface area (Å²) in [5, 5.41) is 22.9. The van der Waals surface area contributed by atoms with Crippen LogP contribution in [0.3, 0.4) is 0 Å². The van der Waals surface area contributed by atoms with Gasteiger partial charge >= 0.3 is 0 Å². The molecule has 0 aromatic carbocycles. The van der Waals surface area contributed by atoms with Crippen molar-refractivity contribution in [2.45, 2.75) is 70.5 Å². The third-order valence-electron chi connectivity index (χ3n) is 5.42. The van der Waals surface area contributed by atoms with Crippen LogP contribution in [-0.2, 0) is 4.74 Å². The number of hydrogen-bond acceptors (Lipinski definition) is 4. The van der Waals surface area contributed by atoms with E-state index in [0.29, 0.717) is 25.2 Å². The first-order valence-corrected chi connectivity index (χ1v) is 8.76. The van der Waals surface area contributed by atoms with Crippen LogP contribution in [-0.4, -0.2) is 48.7 Å². The second-order valence-corrected chi connectivity index (χ2v) is 7.28. The maximum atomic E-state index is 10.0. The number of nitrogens with one attached hydrogen (secondary N) is 1. The predicted octanol–water partition coefficient (Wildman–Crippen LogP) is 2.08. The van der Waals surface area contributed by atoms with Crippen LogP contribution in [0.2, 0.25) is 0 Å². The molecule has 0 amide bonds. The summed E-state index contributed by atoms with van der Waals surface area (Å²) in [5.41, 5.74) is 0.0540. The molecule has 3 unspecified atom stereocenters. The van der Waals surface area contributed by atoms with Crippen LogP contribution in [0.4, 0.5) is 0 Å². The van der Waals surface area contributed by atoms with Gasteiger partial charge in [-0.15, -0.1) is 0 Å². The van der Waals surface area contributed by atoms with Crippen molar-refractivity contribution >= 4 is 0 Å². The maximum absolute atomic E-state index is 10.0. The number of rotatable bonds is 8. The van der Waals surface area contributed by atoms with Gasteiger partial charge < -0.3 is 20.3 Å². The number of ether oxygens (including phenoxy) is 1. The second-order valence-electron chi connectivity index (χ2n) is 7.28. The Hall–Kier alpha value is -0.160. The van der Waals surface area contributed by atoms with Crippen molar-refractivity contribution in [3.8, 4) is 0 Å². The second kappa shape index (κ2) is 8.47. The van der Waals surface area contributed by atoms with Gasteiger partial charge in [0.25, 0.3) is 0 Å². The van der Waals surface area contributed by atoms with Crippen LogP contribution in [0, 0.1) is 11.3 Å². The van der Waals surface area contributed by atoms with Crippen LogP contribution >= 0.6 is 0 Å². The van der Waals surface area contributed by atoms with E-state index in [1.807, 2.05) is 0 Å². The van der Waals surface area contributed by atoms with Gasteiger partial charge in [0.1, 0.15) is 0 Å². The third kappa shape index (κ3) is 5.20. The molecule has 3 N–H and O–H groups in total. The molecule has 124 valence electrons. The molecule has 2 aliphatic carbocycles. The monoisotopic (exact) mass is 299 g/mol. The minimum absolute atomic E-state index is 0.0540. The van der Waals surface area contributed by atoms with E-state index in [0.717, 1.165) is 25.8 Å². The highest BCUT2D eigenvalue weighted by Gasteiger charge is 2.32. The Morgan fingerprint density at radius 1 is 1.19 bits per heavy atom. The van der Waals surface area contributed by atoms with Crippen molar-refractivity contribution in [3.63, 3.8) is 0 Å². The summed E-state index contributed by atoms with van der Waals surface area (Å²) in [7, 11) is 0. The molecule has 3 atom stereocenters. The molecule has 0 heterocycles. The largest absolute Gasteiger partial charge is 0.396 e. The lowest BCUT2D eigenvalue weighted by Gasteiger charge is -2.30. The SMILES string of the molecule is CC1CCCCC1OCC(O)CNCC1(CO)CCCC1. The Morgan fingerprint density at radius 2 is 1.90 bits per heavy atom. The zero-order valence-corrected chi connectivity index (χ0v) is 13.5. The summed E-state index contributed by atoms with van der Waals surface area (Å²) < 4.78 is 5.89. The molecule has 2 saturated carbocycles. The summed E-state index contributed by atoms with van der Waals surface area (Å²) >= 11 is 0. The molecule has 0 aliphatic heterocycles. The molecule has 4 heteroatoms. The highest BCUT2D eigenvalue weighted by molar-refractivity contribution is 4.86. The molecule has 0 saturated heterocycles. The lowest BCUT2D eigenvalue weighted by molar-refractivity contribution is -0.0457. The molecule has 0 aromatic heterocycles. The minimum atomic E-state index is -0.448. The van der Waals surface area contributed by atoms with E-state index in [9.17, 15) is 10.2 Å². The molecule has 4 nitrogen and oxygen atoms in total. The number of hydrogen-bond donors (Lipinski definition) is 3. The number of aliphatic hydroxyl groups excluding tert-OH is 2. The van der Waals surface area contributed by atoms with E-state index >= 15 is 0 Å². The Morgan fingerprint density at radius 3 is 2.57 bits per heavy atom. The van der Waals surface area contributed by atoms with Crippen molar-refractivity contribution < 1.29 is 14.9 Å². The average molecular weight is 299 g/mol. The fraction of sp³-hybridized carbons (Fsp3) is 1.00. The molecular formula is C17H33NO3. The molecule has 0 radical (unpaired) electrons. The molecule has 2 aliphatic rings. The van der Waals surface area contributed by atoms with Gasteiger partial charge in [-0.1, -0.05) is 32.6 Å². The predicted molar refractivity (Wildman–Crippen MR) is 84.2 cm³/mol. The Bertz CT molecular complexity index is 292. The van der Waals surface area contributed by atoms with E-state index in [2.05, 4.69) is 12.2 Å². The zero-order chi connectivity index (χ0) is 15.1. The molecule has 2 fully saturated rings. The molecule has 0 bridgehead atoms.